The van der Waals surface area contributed by atoms with Crippen molar-refractivity contribution in [1.29, 1.82) is 0 Å². The Morgan fingerprint density at radius 2 is 2.00 bits per heavy atom. The highest BCUT2D eigenvalue weighted by molar-refractivity contribution is 6.30. The lowest BCUT2D eigenvalue weighted by Gasteiger charge is -2.39. The molecule has 0 heterocycles. The summed E-state index contributed by atoms with van der Waals surface area (Å²) in [6.45, 7) is 2.67. The van der Waals surface area contributed by atoms with Crippen LogP contribution in [0.1, 0.15) is 50.6 Å². The van der Waals surface area contributed by atoms with Crippen LogP contribution in [0.4, 0.5) is 4.39 Å². The molecule has 0 bridgehead atoms. The molecule has 1 atom stereocenters. The molecule has 1 saturated carbocycles. The molecule has 1 aromatic carbocycles. The molecule has 0 aromatic heterocycles. The van der Waals surface area contributed by atoms with Crippen molar-refractivity contribution in [2.24, 2.45) is 11.7 Å². The molecule has 0 amide bonds. The normalized spacial score (nSPS) is 24.3. The van der Waals surface area contributed by atoms with Gasteiger partial charge in [0, 0.05) is 24.2 Å². The molecule has 2 nitrogen and oxygen atoms in total. The average molecular weight is 313 g/mol. The molecule has 1 unspecified atom stereocenters. The van der Waals surface area contributed by atoms with Crippen LogP contribution in [0.2, 0.25) is 5.02 Å². The number of hydrogen-bond donors (Lipinski definition) is 1. The molecule has 21 heavy (non-hydrogen) atoms. The zero-order valence-corrected chi connectivity index (χ0v) is 13.7. The predicted octanol–water partition coefficient (Wildman–Crippen LogP) is 4.38. The molecule has 2 N–H and O–H groups in total. The summed E-state index contributed by atoms with van der Waals surface area (Å²) >= 11 is 5.91. The van der Waals surface area contributed by atoms with Gasteiger partial charge >= 0.3 is 0 Å². The Hall–Kier alpha value is -0.640. The molecule has 2 rings (SSSR count). The van der Waals surface area contributed by atoms with E-state index >= 15 is 0 Å². The molecule has 1 aliphatic rings. The molecule has 118 valence electrons. The lowest BCUT2D eigenvalue weighted by Crippen LogP contribution is -2.41. The van der Waals surface area contributed by atoms with E-state index in [1.165, 1.54) is 32.1 Å². The van der Waals surface area contributed by atoms with Gasteiger partial charge in [-0.15, -0.1) is 0 Å². The van der Waals surface area contributed by atoms with Gasteiger partial charge < -0.3 is 5.73 Å². The summed E-state index contributed by atoms with van der Waals surface area (Å²) in [5.41, 5.74) is 6.55. The fraction of sp³-hybridized carbons (Fsp3) is 0.647. The quantitative estimate of drug-likeness (QED) is 0.874. The summed E-state index contributed by atoms with van der Waals surface area (Å²) < 4.78 is 14.3. The first kappa shape index (κ1) is 16.7. The number of benzene rings is 1. The van der Waals surface area contributed by atoms with Crippen LogP contribution in [0.15, 0.2) is 18.2 Å². The van der Waals surface area contributed by atoms with E-state index in [9.17, 15) is 4.39 Å². The lowest BCUT2D eigenvalue weighted by molar-refractivity contribution is 0.120. The van der Waals surface area contributed by atoms with Gasteiger partial charge in [0.2, 0.25) is 0 Å². The van der Waals surface area contributed by atoms with Gasteiger partial charge in [0.15, 0.2) is 0 Å². The Morgan fingerprint density at radius 3 is 2.57 bits per heavy atom. The van der Waals surface area contributed by atoms with E-state index in [1.807, 2.05) is 0 Å². The zero-order valence-electron chi connectivity index (χ0n) is 13.0. The minimum Gasteiger partial charge on any atom is -0.329 e. The highest BCUT2D eigenvalue weighted by atomic mass is 35.5. The molecule has 1 fully saturated rings. The summed E-state index contributed by atoms with van der Waals surface area (Å²) in [7, 11) is 2.06. The van der Waals surface area contributed by atoms with Crippen molar-refractivity contribution in [2.45, 2.75) is 51.1 Å². The van der Waals surface area contributed by atoms with Crippen LogP contribution in [0.25, 0.3) is 0 Å². The molecule has 0 aliphatic heterocycles. The maximum atomic E-state index is 14.3. The van der Waals surface area contributed by atoms with Crippen LogP contribution in [0.5, 0.6) is 0 Å². The van der Waals surface area contributed by atoms with Gasteiger partial charge in [0.25, 0.3) is 0 Å². The molecular weight excluding hydrogens is 287 g/mol. The standard InChI is InChI=1S/C17H26ClFN2/c1-3-12-7-9-13(10-8-12)21(2)16(11-20)14-5-4-6-15(18)17(14)19/h4-6,12-13,16H,3,7-11,20H2,1-2H3. The van der Waals surface area contributed by atoms with Crippen molar-refractivity contribution in [2.75, 3.05) is 13.6 Å². The Bertz CT molecular complexity index is 458. The molecular formula is C17H26ClFN2. The van der Waals surface area contributed by atoms with Gasteiger partial charge in [-0.3, -0.25) is 4.90 Å². The second kappa shape index (κ2) is 7.57. The highest BCUT2D eigenvalue weighted by Gasteiger charge is 2.29. The van der Waals surface area contributed by atoms with Gasteiger partial charge in [-0.1, -0.05) is 37.1 Å². The first-order valence-electron chi connectivity index (χ1n) is 7.94. The van der Waals surface area contributed by atoms with Gasteiger partial charge in [0.05, 0.1) is 5.02 Å². The van der Waals surface area contributed by atoms with E-state index in [0.29, 0.717) is 18.2 Å². The van der Waals surface area contributed by atoms with E-state index in [1.54, 1.807) is 18.2 Å². The summed E-state index contributed by atoms with van der Waals surface area (Å²) in [4.78, 5) is 2.25. The monoisotopic (exact) mass is 312 g/mol. The third-order valence-corrected chi connectivity index (χ3v) is 5.32. The third kappa shape index (κ3) is 3.77. The predicted molar refractivity (Wildman–Crippen MR) is 87.0 cm³/mol. The Balaban J connectivity index is 2.12. The minimum absolute atomic E-state index is 0.105. The second-order valence-electron chi connectivity index (χ2n) is 6.14. The summed E-state index contributed by atoms with van der Waals surface area (Å²) in [6, 6.07) is 5.56. The number of halogens is 2. The van der Waals surface area contributed by atoms with Gasteiger partial charge in [0.1, 0.15) is 5.82 Å². The number of likely N-dealkylation sites (N-methyl/N-ethyl adjacent to an activating group) is 1. The third-order valence-electron chi connectivity index (χ3n) is 5.02. The van der Waals surface area contributed by atoms with Gasteiger partial charge in [-0.2, -0.15) is 0 Å². The van der Waals surface area contributed by atoms with Gasteiger partial charge in [-0.25, -0.2) is 4.39 Å². The Labute approximate surface area is 132 Å². The average Bonchev–Trinajstić information content (AvgIpc) is 2.52. The zero-order chi connectivity index (χ0) is 15.4. The highest BCUT2D eigenvalue weighted by Crippen LogP contribution is 2.34. The minimum atomic E-state index is -0.330. The summed E-state index contributed by atoms with van der Waals surface area (Å²) in [5, 5.41) is 0.175. The molecule has 1 aromatic rings. The first-order chi connectivity index (χ1) is 10.1. The largest absolute Gasteiger partial charge is 0.329 e. The van der Waals surface area contributed by atoms with Crippen molar-refractivity contribution >= 4 is 11.6 Å². The van der Waals surface area contributed by atoms with Crippen molar-refractivity contribution in [1.82, 2.24) is 4.90 Å². The van der Waals surface area contributed by atoms with E-state index in [0.717, 1.165) is 5.92 Å². The number of nitrogens with two attached hydrogens (primary N) is 1. The molecule has 1 aliphatic carbocycles. The second-order valence-corrected chi connectivity index (χ2v) is 6.55. The van der Waals surface area contributed by atoms with Gasteiger partial charge in [-0.05, 0) is 44.7 Å². The van der Waals surface area contributed by atoms with E-state index < -0.39 is 0 Å². The molecule has 0 radical (unpaired) electrons. The van der Waals surface area contributed by atoms with Crippen LogP contribution in [0.3, 0.4) is 0 Å². The number of rotatable bonds is 5. The Morgan fingerprint density at radius 1 is 1.33 bits per heavy atom. The van der Waals surface area contributed by atoms with Crippen molar-refractivity contribution in [3.8, 4) is 0 Å². The smallest absolute Gasteiger partial charge is 0.146 e. The lowest BCUT2D eigenvalue weighted by atomic mass is 9.83. The van der Waals surface area contributed by atoms with Crippen molar-refractivity contribution < 1.29 is 4.39 Å². The maximum absolute atomic E-state index is 14.3. The fourth-order valence-corrected chi connectivity index (χ4v) is 3.69. The first-order valence-corrected chi connectivity index (χ1v) is 8.32. The molecule has 0 spiro atoms. The van der Waals surface area contributed by atoms with Crippen molar-refractivity contribution in [3.05, 3.63) is 34.6 Å². The van der Waals surface area contributed by atoms with Crippen LogP contribution < -0.4 is 5.73 Å². The SMILES string of the molecule is CCC1CCC(N(C)C(CN)c2cccc(Cl)c2F)CC1. The van der Waals surface area contributed by atoms with E-state index in [-0.39, 0.29) is 16.9 Å². The fourth-order valence-electron chi connectivity index (χ4n) is 3.51. The summed E-state index contributed by atoms with van der Waals surface area (Å²) in [5.74, 6) is 0.526. The van der Waals surface area contributed by atoms with Crippen molar-refractivity contribution in [3.63, 3.8) is 0 Å². The topological polar surface area (TPSA) is 29.3 Å². The molecule has 0 saturated heterocycles. The maximum Gasteiger partial charge on any atom is 0.146 e. The van der Waals surface area contributed by atoms with Crippen LogP contribution in [-0.2, 0) is 0 Å². The Kier molecular flexibility index (Phi) is 6.03. The van der Waals surface area contributed by atoms with E-state index in [4.69, 9.17) is 17.3 Å². The van der Waals surface area contributed by atoms with Crippen LogP contribution in [-0.4, -0.2) is 24.5 Å². The van der Waals surface area contributed by atoms with E-state index in [2.05, 4.69) is 18.9 Å². The van der Waals surface area contributed by atoms with Crippen LogP contribution in [0, 0.1) is 11.7 Å². The number of hydrogen-bond acceptors (Lipinski definition) is 2. The summed E-state index contributed by atoms with van der Waals surface area (Å²) in [6.07, 6.45) is 6.14. The molecule has 4 heteroatoms. The number of nitrogens with zero attached hydrogens (tertiary/aromatic N) is 1. The van der Waals surface area contributed by atoms with Crippen LogP contribution >= 0.6 is 11.6 Å².